The number of carbonyl (C=O) groups is 2. The van der Waals surface area contributed by atoms with Crippen molar-refractivity contribution >= 4 is 29.5 Å². The van der Waals surface area contributed by atoms with Crippen molar-refractivity contribution in [3.05, 3.63) is 64.7 Å². The highest BCUT2D eigenvalue weighted by atomic mass is 35.5. The summed E-state index contributed by atoms with van der Waals surface area (Å²) in [6.45, 7) is 7.50. The third-order valence-electron chi connectivity index (χ3n) is 6.09. The highest BCUT2D eigenvalue weighted by Gasteiger charge is 2.51. The quantitative estimate of drug-likeness (QED) is 0.689. The maximum atomic E-state index is 13.6. The van der Waals surface area contributed by atoms with Gasteiger partial charge in [0.15, 0.2) is 0 Å². The Morgan fingerprint density at radius 2 is 1.90 bits per heavy atom. The number of rotatable bonds is 4. The first-order valence-corrected chi connectivity index (χ1v) is 10.7. The molecule has 1 aliphatic heterocycles. The molecule has 2 aliphatic rings. The highest BCUT2D eigenvalue weighted by molar-refractivity contribution is 6.30. The third-order valence-corrected chi connectivity index (χ3v) is 6.34. The fraction of sp³-hybridized carbons (Fsp3) is 0.417. The van der Waals surface area contributed by atoms with Crippen LogP contribution in [0.2, 0.25) is 5.02 Å². The topological polar surface area (TPSA) is 62.6 Å². The molecule has 2 atom stereocenters. The summed E-state index contributed by atoms with van der Waals surface area (Å²) in [5, 5.41) is 3.36. The molecule has 2 amide bonds. The van der Waals surface area contributed by atoms with E-state index in [0.29, 0.717) is 22.9 Å². The summed E-state index contributed by atoms with van der Waals surface area (Å²) in [7, 11) is 0. The predicted molar refractivity (Wildman–Crippen MR) is 117 cm³/mol. The highest BCUT2D eigenvalue weighted by Crippen LogP contribution is 2.52. The van der Waals surface area contributed by atoms with Crippen molar-refractivity contribution in [1.82, 2.24) is 10.2 Å². The molecule has 4 rings (SSSR count). The number of likely N-dealkylation sites (tertiary alicyclic amines) is 1. The van der Waals surface area contributed by atoms with Crippen LogP contribution in [0.3, 0.4) is 0 Å². The molecule has 6 heteroatoms. The van der Waals surface area contributed by atoms with Gasteiger partial charge in [0.25, 0.3) is 11.8 Å². The van der Waals surface area contributed by atoms with Crippen LogP contribution in [0.4, 0.5) is 0 Å². The van der Waals surface area contributed by atoms with Crippen molar-refractivity contribution in [2.24, 2.45) is 10.8 Å². The largest absolute Gasteiger partial charge is 0.465 e. The van der Waals surface area contributed by atoms with Crippen LogP contribution in [-0.4, -0.2) is 29.3 Å². The molecular weight excluding hydrogens is 400 g/mol. The van der Waals surface area contributed by atoms with Gasteiger partial charge in [-0.25, -0.2) is 0 Å². The summed E-state index contributed by atoms with van der Waals surface area (Å²) in [4.78, 5) is 28.3. The summed E-state index contributed by atoms with van der Waals surface area (Å²) in [6.07, 6.45) is 6.21. The molecule has 0 unspecified atom stereocenters. The average molecular weight is 427 g/mol. The molecule has 1 N–H and O–H groups in total. The zero-order chi connectivity index (χ0) is 21.5. The molecule has 0 spiro atoms. The van der Waals surface area contributed by atoms with Crippen LogP contribution in [0.25, 0.3) is 6.08 Å². The van der Waals surface area contributed by atoms with Gasteiger partial charge in [0.2, 0.25) is 0 Å². The maximum absolute atomic E-state index is 13.6. The van der Waals surface area contributed by atoms with Gasteiger partial charge < -0.3 is 14.6 Å². The van der Waals surface area contributed by atoms with E-state index in [4.69, 9.17) is 16.0 Å². The zero-order valence-corrected chi connectivity index (χ0v) is 18.3. The van der Waals surface area contributed by atoms with E-state index in [1.807, 2.05) is 4.90 Å². The van der Waals surface area contributed by atoms with Gasteiger partial charge in [0, 0.05) is 29.2 Å². The number of hydrogen-bond donors (Lipinski definition) is 1. The van der Waals surface area contributed by atoms with Crippen molar-refractivity contribution < 1.29 is 14.0 Å². The van der Waals surface area contributed by atoms with Gasteiger partial charge in [-0.2, -0.15) is 0 Å². The van der Waals surface area contributed by atoms with E-state index in [2.05, 4.69) is 26.1 Å². The Kier molecular flexibility index (Phi) is 5.27. The van der Waals surface area contributed by atoms with Crippen LogP contribution in [-0.2, 0) is 4.79 Å². The molecule has 1 aliphatic carbocycles. The number of benzene rings is 1. The van der Waals surface area contributed by atoms with E-state index in [1.165, 1.54) is 0 Å². The molecule has 2 bridgehead atoms. The van der Waals surface area contributed by atoms with Gasteiger partial charge in [-0.1, -0.05) is 32.4 Å². The van der Waals surface area contributed by atoms with E-state index in [1.54, 1.807) is 48.7 Å². The fourth-order valence-electron chi connectivity index (χ4n) is 5.31. The van der Waals surface area contributed by atoms with Crippen LogP contribution >= 0.6 is 11.6 Å². The van der Waals surface area contributed by atoms with Crippen molar-refractivity contribution in [3.63, 3.8) is 0 Å². The van der Waals surface area contributed by atoms with Crippen LogP contribution in [0.1, 0.15) is 56.2 Å². The minimum absolute atomic E-state index is 0.109. The number of furan rings is 1. The van der Waals surface area contributed by atoms with Gasteiger partial charge in [0.1, 0.15) is 11.5 Å². The molecule has 1 saturated heterocycles. The normalized spacial score (nSPS) is 25.3. The molecule has 158 valence electrons. The molecule has 1 aromatic heterocycles. The van der Waals surface area contributed by atoms with Gasteiger partial charge >= 0.3 is 0 Å². The Morgan fingerprint density at radius 1 is 1.17 bits per heavy atom. The standard InChI is InChI=1S/C24H27ClN2O3/c1-23(2)12-18-13-24(3,14-23)15-27(18)22(29)20(11-19-5-4-10-30-19)26-21(28)16-6-8-17(25)9-7-16/h4-11,18H,12-15H2,1-3H3,(H,26,28)/b20-11+/t18-,24-/m0/s1. The first-order valence-electron chi connectivity index (χ1n) is 10.3. The molecular formula is C24H27ClN2O3. The minimum atomic E-state index is -0.355. The van der Waals surface area contributed by atoms with E-state index in [-0.39, 0.29) is 34.4 Å². The lowest BCUT2D eigenvalue weighted by Gasteiger charge is -2.39. The Labute approximate surface area is 182 Å². The van der Waals surface area contributed by atoms with Crippen molar-refractivity contribution in [1.29, 1.82) is 0 Å². The van der Waals surface area contributed by atoms with Gasteiger partial charge in [-0.15, -0.1) is 0 Å². The number of nitrogens with zero attached hydrogens (tertiary/aromatic N) is 1. The van der Waals surface area contributed by atoms with Gasteiger partial charge in [-0.05, 0) is 66.5 Å². The fourth-order valence-corrected chi connectivity index (χ4v) is 5.44. The van der Waals surface area contributed by atoms with E-state index in [9.17, 15) is 9.59 Å². The van der Waals surface area contributed by atoms with Crippen LogP contribution in [0.15, 0.2) is 52.8 Å². The summed E-state index contributed by atoms with van der Waals surface area (Å²) in [5.74, 6) is -0.00450. The zero-order valence-electron chi connectivity index (χ0n) is 17.6. The Hall–Kier alpha value is -2.53. The van der Waals surface area contributed by atoms with E-state index in [0.717, 1.165) is 19.3 Å². The number of halogens is 1. The van der Waals surface area contributed by atoms with Crippen molar-refractivity contribution in [2.75, 3.05) is 6.54 Å². The van der Waals surface area contributed by atoms with E-state index >= 15 is 0 Å². The lowest BCUT2D eigenvalue weighted by atomic mass is 9.65. The summed E-state index contributed by atoms with van der Waals surface area (Å²) in [5.41, 5.74) is 0.965. The Balaban J connectivity index is 1.61. The van der Waals surface area contributed by atoms with Gasteiger partial charge in [-0.3, -0.25) is 9.59 Å². The molecule has 30 heavy (non-hydrogen) atoms. The lowest BCUT2D eigenvalue weighted by molar-refractivity contribution is -0.128. The molecule has 2 aromatic rings. The molecule has 2 fully saturated rings. The first kappa shape index (κ1) is 20.7. The number of hydrogen-bond acceptors (Lipinski definition) is 3. The van der Waals surface area contributed by atoms with Crippen LogP contribution in [0.5, 0.6) is 0 Å². The number of carbonyl (C=O) groups excluding carboxylic acids is 2. The number of nitrogens with one attached hydrogen (secondary N) is 1. The monoisotopic (exact) mass is 426 g/mol. The second-order valence-electron chi connectivity index (χ2n) is 9.68. The molecule has 2 heterocycles. The van der Waals surface area contributed by atoms with E-state index < -0.39 is 0 Å². The molecule has 1 saturated carbocycles. The second kappa shape index (κ2) is 7.62. The van der Waals surface area contributed by atoms with Crippen molar-refractivity contribution in [3.8, 4) is 0 Å². The number of fused-ring (bicyclic) bond motifs is 2. The lowest BCUT2D eigenvalue weighted by Crippen LogP contribution is -2.42. The third kappa shape index (κ3) is 4.31. The molecule has 1 aromatic carbocycles. The minimum Gasteiger partial charge on any atom is -0.465 e. The summed E-state index contributed by atoms with van der Waals surface area (Å²) in [6, 6.07) is 10.3. The second-order valence-corrected chi connectivity index (χ2v) is 10.1. The molecule has 5 nitrogen and oxygen atoms in total. The average Bonchev–Trinajstić information content (AvgIpc) is 3.25. The smallest absolute Gasteiger partial charge is 0.270 e. The Bertz CT molecular complexity index is 978. The maximum Gasteiger partial charge on any atom is 0.270 e. The van der Waals surface area contributed by atoms with Gasteiger partial charge in [0.05, 0.1) is 6.26 Å². The van der Waals surface area contributed by atoms with Crippen LogP contribution < -0.4 is 5.32 Å². The first-order chi connectivity index (χ1) is 14.1. The molecule has 0 radical (unpaired) electrons. The Morgan fingerprint density at radius 3 is 2.57 bits per heavy atom. The summed E-state index contributed by atoms with van der Waals surface area (Å²) >= 11 is 5.92. The van der Waals surface area contributed by atoms with Crippen molar-refractivity contribution in [2.45, 2.75) is 46.1 Å². The predicted octanol–water partition coefficient (Wildman–Crippen LogP) is 5.13. The summed E-state index contributed by atoms with van der Waals surface area (Å²) < 4.78 is 5.40. The SMILES string of the molecule is CC1(C)C[C@H]2C[C@](C)(CN2C(=O)/C(=C\c2ccco2)NC(=O)c2ccc(Cl)cc2)C1. The van der Waals surface area contributed by atoms with Crippen LogP contribution in [0, 0.1) is 10.8 Å². The number of amides is 2.